The summed E-state index contributed by atoms with van der Waals surface area (Å²) in [5, 5.41) is 0. The average Bonchev–Trinajstić information content (AvgIpc) is 2.86. The van der Waals surface area contributed by atoms with Crippen LogP contribution in [-0.2, 0) is 9.47 Å². The molecule has 0 atom stereocenters. The maximum atomic E-state index is 11.6. The highest BCUT2D eigenvalue weighted by Crippen LogP contribution is 2.13. The van der Waals surface area contributed by atoms with E-state index in [1.165, 1.54) is 128 Å². The van der Waals surface area contributed by atoms with E-state index in [1.54, 1.807) is 0 Å². The van der Waals surface area contributed by atoms with Gasteiger partial charge in [0.25, 0.3) is 0 Å². The number of hydrogen-bond donors (Lipinski definition) is 0. The van der Waals surface area contributed by atoms with Gasteiger partial charge in [0.2, 0.25) is 0 Å². The summed E-state index contributed by atoms with van der Waals surface area (Å²) in [6.07, 6.45) is 35.4. The molecule has 0 aliphatic carbocycles. The first-order chi connectivity index (χ1) is 17.7. The van der Waals surface area contributed by atoms with Crippen LogP contribution in [0.2, 0.25) is 0 Å². The van der Waals surface area contributed by atoms with E-state index >= 15 is 0 Å². The van der Waals surface area contributed by atoms with Gasteiger partial charge in [-0.25, -0.2) is 4.79 Å². The summed E-state index contributed by atoms with van der Waals surface area (Å²) in [7, 11) is 0. The van der Waals surface area contributed by atoms with Crippen molar-refractivity contribution in [1.29, 1.82) is 0 Å². The smallest absolute Gasteiger partial charge is 0.434 e. The topological polar surface area (TPSA) is 35.5 Å². The van der Waals surface area contributed by atoms with Crippen LogP contribution in [0.5, 0.6) is 0 Å². The van der Waals surface area contributed by atoms with Gasteiger partial charge in [-0.2, -0.15) is 0 Å². The lowest BCUT2D eigenvalue weighted by Gasteiger charge is -2.07. The number of ether oxygens (including phenoxy) is 2. The predicted octanol–water partition coefficient (Wildman–Crippen LogP) is 11.7. The molecule has 0 heterocycles. The van der Waals surface area contributed by atoms with Gasteiger partial charge in [-0.15, -0.1) is 0 Å². The van der Waals surface area contributed by atoms with Crippen LogP contribution >= 0.6 is 0 Å². The summed E-state index contributed by atoms with van der Waals surface area (Å²) in [6.45, 7) is 7.84. The molecule has 0 saturated carbocycles. The van der Waals surface area contributed by atoms with Gasteiger partial charge in [-0.05, 0) is 44.4 Å². The van der Waals surface area contributed by atoms with Crippen molar-refractivity contribution in [3.8, 4) is 0 Å². The summed E-state index contributed by atoms with van der Waals surface area (Å²) in [4.78, 5) is 11.6. The molecule has 0 rings (SSSR count). The second-order valence-corrected chi connectivity index (χ2v) is 11.2. The van der Waals surface area contributed by atoms with E-state index in [0.717, 1.165) is 31.6 Å². The average molecular weight is 509 g/mol. The van der Waals surface area contributed by atoms with Crippen molar-refractivity contribution in [2.75, 3.05) is 13.2 Å². The summed E-state index contributed by atoms with van der Waals surface area (Å²) in [5.41, 5.74) is 0. The molecule has 3 nitrogen and oxygen atoms in total. The Morgan fingerprint density at radius 3 is 1.31 bits per heavy atom. The highest BCUT2D eigenvalue weighted by molar-refractivity contribution is 5.59. The molecule has 0 aliphatic rings. The molecule has 214 valence electrons. The van der Waals surface area contributed by atoms with E-state index in [2.05, 4.69) is 32.9 Å². The fourth-order valence-electron chi connectivity index (χ4n) is 4.59. The van der Waals surface area contributed by atoms with Gasteiger partial charge in [0.15, 0.2) is 0 Å². The first-order valence-corrected chi connectivity index (χ1v) is 16.1. The van der Waals surface area contributed by atoms with E-state index in [-0.39, 0.29) is 0 Å². The van der Waals surface area contributed by atoms with Crippen LogP contribution in [0.4, 0.5) is 4.79 Å². The quantitative estimate of drug-likeness (QED) is 0.0598. The lowest BCUT2D eigenvalue weighted by Crippen LogP contribution is -2.09. The Kier molecular flexibility index (Phi) is 29.4. The van der Waals surface area contributed by atoms with Crippen LogP contribution in [0.15, 0.2) is 12.2 Å². The molecule has 0 aromatic carbocycles. The molecular weight excluding hydrogens is 444 g/mol. The van der Waals surface area contributed by atoms with Gasteiger partial charge in [0, 0.05) is 0 Å². The molecule has 3 heteroatoms. The fraction of sp³-hybridized carbons (Fsp3) is 0.909. The molecule has 0 aromatic heterocycles. The number of hydrogen-bond acceptors (Lipinski definition) is 3. The summed E-state index contributed by atoms with van der Waals surface area (Å²) in [6, 6.07) is 0. The zero-order valence-corrected chi connectivity index (χ0v) is 24.8. The Morgan fingerprint density at radius 1 is 0.528 bits per heavy atom. The van der Waals surface area contributed by atoms with E-state index < -0.39 is 6.16 Å². The van der Waals surface area contributed by atoms with Crippen molar-refractivity contribution in [3.63, 3.8) is 0 Å². The molecule has 0 unspecified atom stereocenters. The molecule has 0 radical (unpaired) electrons. The SMILES string of the molecule is CCCCCCCCC=CCCCCCCCCCCCCOC(=O)OCCCCCCCC(C)C. The molecule has 0 aliphatic heterocycles. The minimum Gasteiger partial charge on any atom is -0.434 e. The second kappa shape index (κ2) is 30.2. The predicted molar refractivity (Wildman–Crippen MR) is 158 cm³/mol. The largest absolute Gasteiger partial charge is 0.508 e. The van der Waals surface area contributed by atoms with Gasteiger partial charge in [-0.1, -0.05) is 148 Å². The van der Waals surface area contributed by atoms with Gasteiger partial charge in [0.05, 0.1) is 13.2 Å². The van der Waals surface area contributed by atoms with Crippen LogP contribution in [0, 0.1) is 5.92 Å². The summed E-state index contributed by atoms with van der Waals surface area (Å²) in [5.74, 6) is 0.806. The van der Waals surface area contributed by atoms with Crippen molar-refractivity contribution < 1.29 is 14.3 Å². The van der Waals surface area contributed by atoms with E-state index in [0.29, 0.717) is 13.2 Å². The molecule has 0 N–H and O–H groups in total. The Morgan fingerprint density at radius 2 is 0.889 bits per heavy atom. The van der Waals surface area contributed by atoms with E-state index in [1.807, 2.05) is 0 Å². The Labute approximate surface area is 226 Å². The maximum Gasteiger partial charge on any atom is 0.508 e. The third kappa shape index (κ3) is 31.0. The fourth-order valence-corrected chi connectivity index (χ4v) is 4.59. The van der Waals surface area contributed by atoms with Gasteiger partial charge in [0.1, 0.15) is 0 Å². The number of carbonyl (C=O) groups is 1. The molecule has 0 bridgehead atoms. The monoisotopic (exact) mass is 508 g/mol. The highest BCUT2D eigenvalue weighted by Gasteiger charge is 2.03. The lowest BCUT2D eigenvalue weighted by atomic mass is 10.0. The Hall–Kier alpha value is -0.990. The molecular formula is C33H64O3. The van der Waals surface area contributed by atoms with E-state index in [9.17, 15) is 4.79 Å². The Balaban J connectivity index is 3.18. The molecule has 0 fully saturated rings. The van der Waals surface area contributed by atoms with Crippen LogP contribution in [0.25, 0.3) is 0 Å². The zero-order chi connectivity index (χ0) is 26.4. The first kappa shape index (κ1) is 35.0. The van der Waals surface area contributed by atoms with Crippen LogP contribution in [-0.4, -0.2) is 19.4 Å². The molecule has 0 aromatic rings. The number of unbranched alkanes of at least 4 members (excludes halogenated alkanes) is 20. The minimum atomic E-state index is -0.483. The third-order valence-corrected chi connectivity index (χ3v) is 7.02. The minimum absolute atomic E-state index is 0.483. The summed E-state index contributed by atoms with van der Waals surface area (Å²) >= 11 is 0. The third-order valence-electron chi connectivity index (χ3n) is 7.02. The van der Waals surface area contributed by atoms with Crippen LogP contribution in [0.3, 0.4) is 0 Å². The van der Waals surface area contributed by atoms with Crippen molar-refractivity contribution in [1.82, 2.24) is 0 Å². The van der Waals surface area contributed by atoms with Crippen molar-refractivity contribution in [2.24, 2.45) is 5.92 Å². The summed E-state index contributed by atoms with van der Waals surface area (Å²) < 4.78 is 10.4. The van der Waals surface area contributed by atoms with Gasteiger partial charge in [-0.3, -0.25) is 0 Å². The van der Waals surface area contributed by atoms with Crippen molar-refractivity contribution in [2.45, 2.75) is 175 Å². The molecule has 0 amide bonds. The van der Waals surface area contributed by atoms with Crippen molar-refractivity contribution >= 4 is 6.16 Å². The highest BCUT2D eigenvalue weighted by atomic mass is 16.7. The van der Waals surface area contributed by atoms with E-state index in [4.69, 9.17) is 9.47 Å². The normalized spacial score (nSPS) is 11.6. The number of rotatable bonds is 28. The van der Waals surface area contributed by atoms with Crippen LogP contribution in [0.1, 0.15) is 175 Å². The van der Waals surface area contributed by atoms with Crippen molar-refractivity contribution in [3.05, 3.63) is 12.2 Å². The van der Waals surface area contributed by atoms with Crippen LogP contribution < -0.4 is 0 Å². The number of allylic oxidation sites excluding steroid dienone is 2. The first-order valence-electron chi connectivity index (χ1n) is 16.1. The molecule has 0 saturated heterocycles. The van der Waals surface area contributed by atoms with Gasteiger partial charge < -0.3 is 9.47 Å². The number of carbonyl (C=O) groups excluding carboxylic acids is 1. The molecule has 0 spiro atoms. The van der Waals surface area contributed by atoms with Gasteiger partial charge >= 0.3 is 6.16 Å². The lowest BCUT2D eigenvalue weighted by molar-refractivity contribution is 0.0529. The zero-order valence-electron chi connectivity index (χ0n) is 24.8. The maximum absolute atomic E-state index is 11.6. The Bertz CT molecular complexity index is 458. The second-order valence-electron chi connectivity index (χ2n) is 11.2. The standard InChI is InChI=1S/C33H64O3/c1-4-5-6-7-8-9-10-11-12-13-14-15-16-17-18-19-20-21-24-27-30-35-33(34)36-31-28-25-22-23-26-29-32(2)3/h11-12,32H,4-10,13-31H2,1-3H3. The molecule has 36 heavy (non-hydrogen) atoms.